The SMILES string of the molecule is COc1c2cc(Cl)ccc2nn1[C@H](C)C1CCC(c2ccnc3ccc(F)cc23)CC1. The Labute approximate surface area is 186 Å². The summed E-state index contributed by atoms with van der Waals surface area (Å²) < 4.78 is 21.6. The number of pyridine rings is 1. The minimum absolute atomic E-state index is 0.206. The van der Waals surface area contributed by atoms with Gasteiger partial charge in [0.05, 0.1) is 29.6 Å². The number of aromatic nitrogens is 3. The first-order valence-electron chi connectivity index (χ1n) is 10.8. The number of hydrogen-bond donors (Lipinski definition) is 0. The normalized spacial score (nSPS) is 20.3. The van der Waals surface area contributed by atoms with Gasteiger partial charge in [0.15, 0.2) is 0 Å². The zero-order valence-electron chi connectivity index (χ0n) is 17.7. The molecule has 4 aromatic rings. The highest BCUT2D eigenvalue weighted by Gasteiger charge is 2.30. The smallest absolute Gasteiger partial charge is 0.219 e. The fourth-order valence-corrected chi connectivity index (χ4v) is 5.31. The molecule has 0 saturated heterocycles. The van der Waals surface area contributed by atoms with Crippen LogP contribution in [0, 0.1) is 11.7 Å². The first-order valence-corrected chi connectivity index (χ1v) is 11.2. The summed E-state index contributed by atoms with van der Waals surface area (Å²) in [5, 5.41) is 7.38. The van der Waals surface area contributed by atoms with E-state index in [0.29, 0.717) is 16.9 Å². The van der Waals surface area contributed by atoms with Gasteiger partial charge in [-0.3, -0.25) is 4.98 Å². The topological polar surface area (TPSA) is 39.9 Å². The Kier molecular flexibility index (Phi) is 5.30. The summed E-state index contributed by atoms with van der Waals surface area (Å²) in [6.07, 6.45) is 6.16. The molecule has 2 aromatic carbocycles. The van der Waals surface area contributed by atoms with Gasteiger partial charge < -0.3 is 4.74 Å². The van der Waals surface area contributed by atoms with E-state index >= 15 is 0 Å². The van der Waals surface area contributed by atoms with Crippen molar-refractivity contribution in [2.24, 2.45) is 5.92 Å². The molecule has 0 bridgehead atoms. The van der Waals surface area contributed by atoms with Crippen LogP contribution in [0.25, 0.3) is 21.8 Å². The van der Waals surface area contributed by atoms with Gasteiger partial charge in [-0.15, -0.1) is 0 Å². The molecule has 2 heterocycles. The predicted octanol–water partition coefficient (Wildman–Crippen LogP) is 6.92. The number of rotatable bonds is 4. The molecule has 5 rings (SSSR count). The largest absolute Gasteiger partial charge is 0.481 e. The number of fused-ring (bicyclic) bond motifs is 2. The van der Waals surface area contributed by atoms with Gasteiger partial charge in [-0.25, -0.2) is 9.07 Å². The van der Waals surface area contributed by atoms with Crippen molar-refractivity contribution in [2.45, 2.75) is 44.6 Å². The maximum Gasteiger partial charge on any atom is 0.219 e. The molecule has 0 N–H and O–H groups in total. The van der Waals surface area contributed by atoms with Crippen molar-refractivity contribution in [3.05, 3.63) is 65.1 Å². The molecule has 6 heteroatoms. The average Bonchev–Trinajstić information content (AvgIpc) is 3.16. The van der Waals surface area contributed by atoms with Gasteiger partial charge in [0.25, 0.3) is 0 Å². The summed E-state index contributed by atoms with van der Waals surface area (Å²) in [4.78, 5) is 4.41. The molecule has 0 amide bonds. The zero-order chi connectivity index (χ0) is 21.5. The van der Waals surface area contributed by atoms with Gasteiger partial charge in [0.1, 0.15) is 5.82 Å². The third-order valence-electron chi connectivity index (χ3n) is 6.82. The second-order valence-electron chi connectivity index (χ2n) is 8.53. The summed E-state index contributed by atoms with van der Waals surface area (Å²) in [5.41, 5.74) is 2.97. The molecule has 31 heavy (non-hydrogen) atoms. The molecule has 1 saturated carbocycles. The van der Waals surface area contributed by atoms with Gasteiger partial charge in [0.2, 0.25) is 5.88 Å². The van der Waals surface area contributed by atoms with Crippen LogP contribution in [0.15, 0.2) is 48.7 Å². The van der Waals surface area contributed by atoms with E-state index in [-0.39, 0.29) is 11.9 Å². The number of benzene rings is 2. The number of hydrogen-bond acceptors (Lipinski definition) is 3. The number of methoxy groups -OCH3 is 1. The lowest BCUT2D eigenvalue weighted by molar-refractivity contribution is 0.219. The van der Waals surface area contributed by atoms with Crippen LogP contribution in [0.4, 0.5) is 4.39 Å². The maximum absolute atomic E-state index is 13.9. The highest BCUT2D eigenvalue weighted by Crippen LogP contribution is 2.43. The zero-order valence-corrected chi connectivity index (χ0v) is 18.4. The summed E-state index contributed by atoms with van der Waals surface area (Å²) in [6.45, 7) is 2.22. The highest BCUT2D eigenvalue weighted by molar-refractivity contribution is 6.31. The Hall–Kier alpha value is -2.66. The van der Waals surface area contributed by atoms with Gasteiger partial charge in [-0.2, -0.15) is 5.10 Å². The third kappa shape index (κ3) is 3.65. The summed E-state index contributed by atoms with van der Waals surface area (Å²) >= 11 is 6.19. The molecule has 1 aliphatic rings. The van der Waals surface area contributed by atoms with Crippen LogP contribution in [-0.4, -0.2) is 21.9 Å². The lowest BCUT2D eigenvalue weighted by Gasteiger charge is -2.33. The average molecular weight is 438 g/mol. The van der Waals surface area contributed by atoms with Crippen LogP contribution in [-0.2, 0) is 0 Å². The van der Waals surface area contributed by atoms with E-state index in [1.54, 1.807) is 19.2 Å². The summed E-state index contributed by atoms with van der Waals surface area (Å²) in [7, 11) is 1.69. The lowest BCUT2D eigenvalue weighted by atomic mass is 9.75. The predicted molar refractivity (Wildman–Crippen MR) is 122 cm³/mol. The van der Waals surface area contributed by atoms with E-state index in [4.69, 9.17) is 21.4 Å². The Morgan fingerprint density at radius 1 is 1.03 bits per heavy atom. The molecule has 160 valence electrons. The molecule has 1 aliphatic carbocycles. The van der Waals surface area contributed by atoms with Crippen LogP contribution < -0.4 is 4.74 Å². The van der Waals surface area contributed by atoms with Gasteiger partial charge in [0, 0.05) is 16.6 Å². The van der Waals surface area contributed by atoms with Crippen LogP contribution in [0.3, 0.4) is 0 Å². The van der Waals surface area contributed by atoms with Crippen LogP contribution >= 0.6 is 11.6 Å². The Bertz CT molecular complexity index is 1250. The molecule has 4 nitrogen and oxygen atoms in total. The fraction of sp³-hybridized carbons (Fsp3) is 0.360. The Morgan fingerprint density at radius 3 is 2.58 bits per heavy atom. The molecular weight excluding hydrogens is 413 g/mol. The van der Waals surface area contributed by atoms with E-state index in [9.17, 15) is 4.39 Å². The van der Waals surface area contributed by atoms with Crippen molar-refractivity contribution in [3.63, 3.8) is 0 Å². The van der Waals surface area contributed by atoms with Crippen molar-refractivity contribution < 1.29 is 9.13 Å². The molecule has 1 atom stereocenters. The maximum atomic E-state index is 13.9. The van der Waals surface area contributed by atoms with Gasteiger partial charge in [-0.05, 0) is 92.5 Å². The van der Waals surface area contributed by atoms with E-state index < -0.39 is 0 Å². The summed E-state index contributed by atoms with van der Waals surface area (Å²) in [5.74, 6) is 1.48. The monoisotopic (exact) mass is 437 g/mol. The molecule has 0 spiro atoms. The van der Waals surface area contributed by atoms with Crippen molar-refractivity contribution in [1.82, 2.24) is 14.8 Å². The standard InChI is InChI=1S/C25H25ClFN3O/c1-15(30-25(31-2)22-13-18(26)7-9-24(22)29-30)16-3-5-17(6-4-16)20-11-12-28-23-10-8-19(27)14-21(20)23/h7-17H,3-6H2,1-2H3/t15-,16?,17?/m1/s1. The van der Waals surface area contributed by atoms with Crippen LogP contribution in [0.5, 0.6) is 5.88 Å². The van der Waals surface area contributed by atoms with Crippen molar-refractivity contribution in [3.8, 4) is 5.88 Å². The van der Waals surface area contributed by atoms with Crippen LogP contribution in [0.2, 0.25) is 5.02 Å². The molecule has 2 aromatic heterocycles. The van der Waals surface area contributed by atoms with E-state index in [1.807, 2.05) is 29.1 Å². The van der Waals surface area contributed by atoms with Crippen molar-refractivity contribution in [1.29, 1.82) is 0 Å². The molecule has 0 radical (unpaired) electrons. The molecular formula is C25H25ClFN3O. The first kappa shape index (κ1) is 20.3. The van der Waals surface area contributed by atoms with Crippen molar-refractivity contribution in [2.75, 3.05) is 7.11 Å². The lowest BCUT2D eigenvalue weighted by Crippen LogP contribution is -2.23. The molecule has 0 unspecified atom stereocenters. The number of nitrogens with zero attached hydrogens (tertiary/aromatic N) is 3. The second kappa shape index (κ2) is 8.12. The quantitative estimate of drug-likeness (QED) is 0.348. The number of halogens is 2. The highest BCUT2D eigenvalue weighted by atomic mass is 35.5. The van der Waals surface area contributed by atoms with Gasteiger partial charge in [-0.1, -0.05) is 11.6 Å². The second-order valence-corrected chi connectivity index (χ2v) is 8.97. The van der Waals surface area contributed by atoms with E-state index in [0.717, 1.165) is 53.4 Å². The molecule has 0 aliphatic heterocycles. The fourth-order valence-electron chi connectivity index (χ4n) is 5.14. The first-order chi connectivity index (χ1) is 15.0. The minimum atomic E-state index is -0.206. The summed E-state index contributed by atoms with van der Waals surface area (Å²) in [6, 6.07) is 12.9. The third-order valence-corrected chi connectivity index (χ3v) is 7.06. The minimum Gasteiger partial charge on any atom is -0.481 e. The number of ether oxygens (including phenoxy) is 1. The van der Waals surface area contributed by atoms with Crippen molar-refractivity contribution >= 4 is 33.4 Å². The Balaban J connectivity index is 1.38. The molecule has 1 fully saturated rings. The van der Waals surface area contributed by atoms with Gasteiger partial charge >= 0.3 is 0 Å². The van der Waals surface area contributed by atoms with Crippen LogP contribution in [0.1, 0.15) is 50.1 Å². The Morgan fingerprint density at radius 2 is 1.81 bits per heavy atom. The van der Waals surface area contributed by atoms with E-state index in [1.165, 1.54) is 11.6 Å². The van der Waals surface area contributed by atoms with E-state index in [2.05, 4.69) is 18.0 Å².